The highest BCUT2D eigenvalue weighted by Gasteiger charge is 2.16. The van der Waals surface area contributed by atoms with Crippen LogP contribution in [0.2, 0.25) is 0 Å². The van der Waals surface area contributed by atoms with E-state index in [0.717, 1.165) is 24.5 Å². The van der Waals surface area contributed by atoms with E-state index in [0.29, 0.717) is 24.7 Å². The third kappa shape index (κ3) is 5.05. The monoisotopic (exact) mass is 383 g/mol. The molecule has 6 heteroatoms. The van der Waals surface area contributed by atoms with Gasteiger partial charge in [-0.15, -0.1) is 0 Å². The zero-order valence-electron chi connectivity index (χ0n) is 15.7. The van der Waals surface area contributed by atoms with E-state index in [1.54, 1.807) is 0 Å². The molecule has 0 spiro atoms. The summed E-state index contributed by atoms with van der Waals surface area (Å²) in [5.41, 5.74) is 3.72. The molecule has 5 nitrogen and oxygen atoms in total. The third-order valence-corrected chi connectivity index (χ3v) is 4.77. The average Bonchev–Trinajstić information content (AvgIpc) is 2.69. The highest BCUT2D eigenvalue weighted by atomic mass is 32.1. The van der Waals surface area contributed by atoms with E-state index in [4.69, 9.17) is 17.0 Å². The minimum absolute atomic E-state index is 0.216. The molecule has 2 N–H and O–H groups in total. The van der Waals surface area contributed by atoms with Crippen LogP contribution in [-0.4, -0.2) is 37.3 Å². The average molecular weight is 384 g/mol. The lowest BCUT2D eigenvalue weighted by atomic mass is 10.0. The van der Waals surface area contributed by atoms with E-state index in [2.05, 4.69) is 29.4 Å². The zero-order valence-corrected chi connectivity index (χ0v) is 16.5. The fraction of sp³-hybridized carbons (Fsp3) is 0.333. The van der Waals surface area contributed by atoms with E-state index in [9.17, 15) is 4.79 Å². The summed E-state index contributed by atoms with van der Waals surface area (Å²) in [5, 5.41) is 6.20. The first kappa shape index (κ1) is 19.3. The lowest BCUT2D eigenvalue weighted by molar-refractivity contribution is 0.0977. The van der Waals surface area contributed by atoms with Crippen molar-refractivity contribution in [1.82, 2.24) is 5.32 Å². The number of anilines is 2. The molecule has 0 aromatic heterocycles. The predicted octanol–water partition coefficient (Wildman–Crippen LogP) is 3.77. The van der Waals surface area contributed by atoms with Crippen molar-refractivity contribution in [3.8, 4) is 0 Å². The number of para-hydroxylation sites is 2. The Hall–Kier alpha value is -2.44. The first-order chi connectivity index (χ1) is 13.0. The molecule has 1 heterocycles. The van der Waals surface area contributed by atoms with Gasteiger partial charge in [0, 0.05) is 18.7 Å². The number of rotatable bonds is 4. The molecule has 0 radical (unpaired) electrons. The van der Waals surface area contributed by atoms with Gasteiger partial charge in [-0.1, -0.05) is 38.1 Å². The molecule has 1 aliphatic rings. The number of nitrogens with zero attached hydrogens (tertiary/aromatic N) is 1. The SMILES string of the molecule is CC(C)c1ccc(C(=O)NC(=S)Nc2ccccc2N2CCOCC2)cc1. The molecule has 142 valence electrons. The zero-order chi connectivity index (χ0) is 19.2. The van der Waals surface area contributed by atoms with Gasteiger partial charge in [0.2, 0.25) is 0 Å². The minimum Gasteiger partial charge on any atom is -0.378 e. The van der Waals surface area contributed by atoms with Crippen LogP contribution in [0.5, 0.6) is 0 Å². The van der Waals surface area contributed by atoms with Gasteiger partial charge in [0.05, 0.1) is 24.6 Å². The summed E-state index contributed by atoms with van der Waals surface area (Å²) in [7, 11) is 0. The van der Waals surface area contributed by atoms with E-state index in [1.165, 1.54) is 5.56 Å². The van der Waals surface area contributed by atoms with Gasteiger partial charge in [0.15, 0.2) is 5.11 Å². The summed E-state index contributed by atoms with van der Waals surface area (Å²) in [4.78, 5) is 14.7. The Bertz CT molecular complexity index is 799. The Balaban J connectivity index is 1.64. The predicted molar refractivity (Wildman–Crippen MR) is 114 cm³/mol. The molecule has 1 fully saturated rings. The number of hydrogen-bond acceptors (Lipinski definition) is 4. The molecule has 27 heavy (non-hydrogen) atoms. The van der Waals surface area contributed by atoms with Crippen LogP contribution in [0.4, 0.5) is 11.4 Å². The standard InChI is InChI=1S/C21H25N3O2S/c1-15(2)16-7-9-17(10-8-16)20(25)23-21(27)22-18-5-3-4-6-19(18)24-11-13-26-14-12-24/h3-10,15H,11-14H2,1-2H3,(H2,22,23,25,27). The van der Waals surface area contributed by atoms with Crippen LogP contribution >= 0.6 is 12.2 Å². The van der Waals surface area contributed by atoms with E-state index in [-0.39, 0.29) is 11.0 Å². The topological polar surface area (TPSA) is 53.6 Å². The molecule has 3 rings (SSSR count). The Morgan fingerprint density at radius 3 is 2.41 bits per heavy atom. The second kappa shape index (κ2) is 8.97. The van der Waals surface area contributed by atoms with Gasteiger partial charge in [-0.05, 0) is 48.0 Å². The summed E-state index contributed by atoms with van der Waals surface area (Å²) < 4.78 is 5.42. The molecule has 1 saturated heterocycles. The van der Waals surface area contributed by atoms with Gasteiger partial charge in [-0.25, -0.2) is 0 Å². The van der Waals surface area contributed by atoms with Crippen molar-refractivity contribution in [2.75, 3.05) is 36.5 Å². The first-order valence-electron chi connectivity index (χ1n) is 9.18. The van der Waals surface area contributed by atoms with Crippen LogP contribution in [0, 0.1) is 0 Å². The number of morpholine rings is 1. The van der Waals surface area contributed by atoms with Gasteiger partial charge >= 0.3 is 0 Å². The van der Waals surface area contributed by atoms with Crippen molar-refractivity contribution in [3.63, 3.8) is 0 Å². The van der Waals surface area contributed by atoms with Crippen LogP contribution in [0.25, 0.3) is 0 Å². The molecule has 0 atom stereocenters. The maximum atomic E-state index is 12.4. The molecule has 0 aliphatic carbocycles. The fourth-order valence-electron chi connectivity index (χ4n) is 3.01. The maximum Gasteiger partial charge on any atom is 0.257 e. The second-order valence-corrected chi connectivity index (χ2v) is 7.21. The van der Waals surface area contributed by atoms with E-state index in [1.807, 2.05) is 48.5 Å². The summed E-state index contributed by atoms with van der Waals surface area (Å²) in [6.07, 6.45) is 0. The summed E-state index contributed by atoms with van der Waals surface area (Å²) >= 11 is 5.35. The first-order valence-corrected chi connectivity index (χ1v) is 9.59. The number of benzene rings is 2. The number of ether oxygens (including phenoxy) is 1. The minimum atomic E-state index is -0.216. The summed E-state index contributed by atoms with van der Waals surface area (Å²) in [6, 6.07) is 15.6. The van der Waals surface area contributed by atoms with Gasteiger partial charge in [-0.3, -0.25) is 10.1 Å². The Morgan fingerprint density at radius 2 is 1.74 bits per heavy atom. The quantitative estimate of drug-likeness (QED) is 0.787. The Morgan fingerprint density at radius 1 is 1.07 bits per heavy atom. The molecule has 2 aromatic rings. The Kier molecular flexibility index (Phi) is 6.42. The van der Waals surface area contributed by atoms with Crippen molar-refractivity contribution in [1.29, 1.82) is 0 Å². The molecule has 1 amide bonds. The summed E-state index contributed by atoms with van der Waals surface area (Å²) in [6.45, 7) is 7.34. The largest absolute Gasteiger partial charge is 0.378 e. The number of thiocarbonyl (C=S) groups is 1. The van der Waals surface area contributed by atoms with Crippen molar-refractivity contribution < 1.29 is 9.53 Å². The van der Waals surface area contributed by atoms with Gasteiger partial charge in [0.25, 0.3) is 5.91 Å². The lowest BCUT2D eigenvalue weighted by Gasteiger charge is -2.30. The van der Waals surface area contributed by atoms with Crippen LogP contribution < -0.4 is 15.5 Å². The number of carbonyl (C=O) groups excluding carboxylic acids is 1. The molecule has 0 unspecified atom stereocenters. The molecule has 2 aromatic carbocycles. The highest BCUT2D eigenvalue weighted by Crippen LogP contribution is 2.26. The highest BCUT2D eigenvalue weighted by molar-refractivity contribution is 7.80. The second-order valence-electron chi connectivity index (χ2n) is 6.80. The fourth-order valence-corrected chi connectivity index (χ4v) is 3.21. The van der Waals surface area contributed by atoms with Crippen LogP contribution in [0.15, 0.2) is 48.5 Å². The number of nitrogens with one attached hydrogen (secondary N) is 2. The molecule has 1 aliphatic heterocycles. The van der Waals surface area contributed by atoms with Gasteiger partial charge in [0.1, 0.15) is 0 Å². The van der Waals surface area contributed by atoms with Crippen LogP contribution in [0.1, 0.15) is 35.7 Å². The normalized spacial score (nSPS) is 14.1. The van der Waals surface area contributed by atoms with Crippen LogP contribution in [-0.2, 0) is 4.74 Å². The van der Waals surface area contributed by atoms with E-state index >= 15 is 0 Å². The van der Waals surface area contributed by atoms with Crippen molar-refractivity contribution in [2.24, 2.45) is 0 Å². The number of amides is 1. The Labute approximate surface area is 165 Å². The van der Waals surface area contributed by atoms with Crippen molar-refractivity contribution in [2.45, 2.75) is 19.8 Å². The van der Waals surface area contributed by atoms with E-state index < -0.39 is 0 Å². The van der Waals surface area contributed by atoms with Crippen molar-refractivity contribution in [3.05, 3.63) is 59.7 Å². The maximum absolute atomic E-state index is 12.4. The third-order valence-electron chi connectivity index (χ3n) is 4.57. The number of hydrogen-bond donors (Lipinski definition) is 2. The lowest BCUT2D eigenvalue weighted by Crippen LogP contribution is -2.38. The van der Waals surface area contributed by atoms with Gasteiger partial charge < -0.3 is 15.0 Å². The van der Waals surface area contributed by atoms with Crippen molar-refractivity contribution >= 4 is 34.6 Å². The molecular formula is C21H25N3O2S. The molecule has 0 saturated carbocycles. The molecule has 0 bridgehead atoms. The summed E-state index contributed by atoms with van der Waals surface area (Å²) in [5.74, 6) is 0.216. The molecular weight excluding hydrogens is 358 g/mol. The van der Waals surface area contributed by atoms with Crippen LogP contribution in [0.3, 0.4) is 0 Å². The number of carbonyl (C=O) groups is 1. The smallest absolute Gasteiger partial charge is 0.257 e. The van der Waals surface area contributed by atoms with Gasteiger partial charge in [-0.2, -0.15) is 0 Å².